The summed E-state index contributed by atoms with van der Waals surface area (Å²) in [7, 11) is 0. The Morgan fingerprint density at radius 1 is 0.800 bits per heavy atom. The van der Waals surface area contributed by atoms with E-state index >= 15 is 0 Å². The van der Waals surface area contributed by atoms with E-state index in [4.69, 9.17) is 0 Å². The van der Waals surface area contributed by atoms with Gasteiger partial charge in [-0.2, -0.15) is 12.8 Å². The molecule has 15 heavy (non-hydrogen) atoms. The zero-order chi connectivity index (χ0) is 11.4. The Labute approximate surface area is 115 Å². The predicted molar refractivity (Wildman–Crippen MR) is 73.8 cm³/mol. The van der Waals surface area contributed by atoms with Gasteiger partial charge in [-0.3, -0.25) is 0 Å². The minimum Gasteiger partial charge on any atom is -0.343 e. The molecule has 88 valence electrons. The van der Waals surface area contributed by atoms with Crippen LogP contribution in [-0.2, 0) is 0 Å². The second-order valence-electron chi connectivity index (χ2n) is 4.37. The van der Waals surface area contributed by atoms with Crippen LogP contribution in [0.25, 0.3) is 0 Å². The van der Waals surface area contributed by atoms with Gasteiger partial charge in [-0.1, -0.05) is 65.2 Å². The average molecular weight is 223 g/mol. The Hall–Kier alpha value is 0.766. The molecule has 0 aromatic heterocycles. The van der Waals surface area contributed by atoms with Gasteiger partial charge in [0.15, 0.2) is 0 Å². The van der Waals surface area contributed by atoms with Gasteiger partial charge in [0.05, 0.1) is 0 Å². The molecule has 0 N–H and O–H groups in total. The molecule has 0 heterocycles. The van der Waals surface area contributed by atoms with E-state index in [1.54, 1.807) is 0 Å². The van der Waals surface area contributed by atoms with Crippen molar-refractivity contribution in [1.29, 1.82) is 0 Å². The van der Waals surface area contributed by atoms with Crippen LogP contribution in [0, 0.1) is 25.7 Å². The molecule has 0 aliphatic rings. The van der Waals surface area contributed by atoms with Crippen LogP contribution in [0.2, 0.25) is 0 Å². The first-order valence-electron chi connectivity index (χ1n) is 6.20. The van der Waals surface area contributed by atoms with E-state index in [9.17, 15) is 0 Å². The van der Waals surface area contributed by atoms with Gasteiger partial charge in [0.2, 0.25) is 0 Å². The van der Waals surface area contributed by atoms with Gasteiger partial charge >= 0.3 is 23.1 Å². The maximum Gasteiger partial charge on any atom is 2.00 e. The van der Waals surface area contributed by atoms with E-state index in [0.717, 1.165) is 24.7 Å². The van der Waals surface area contributed by atoms with Crippen molar-refractivity contribution in [3.05, 3.63) is 13.8 Å². The van der Waals surface area contributed by atoms with Crippen molar-refractivity contribution < 1.29 is 0 Å². The summed E-state index contributed by atoms with van der Waals surface area (Å²) in [6.45, 7) is 16.5. The van der Waals surface area contributed by atoms with Crippen LogP contribution in [0.5, 0.6) is 0 Å². The van der Waals surface area contributed by atoms with Gasteiger partial charge in [-0.15, -0.1) is 0 Å². The van der Waals surface area contributed by atoms with Crippen molar-refractivity contribution in [3.63, 3.8) is 0 Å². The van der Waals surface area contributed by atoms with Crippen LogP contribution in [0.4, 0.5) is 0 Å². The fourth-order valence-electron chi connectivity index (χ4n) is 1.27. The molecule has 0 rings (SSSR count). The van der Waals surface area contributed by atoms with Crippen molar-refractivity contribution in [2.24, 2.45) is 11.8 Å². The molecule has 0 bridgehead atoms. The van der Waals surface area contributed by atoms with Gasteiger partial charge in [0.25, 0.3) is 0 Å². The summed E-state index contributed by atoms with van der Waals surface area (Å²) >= 11 is 0. The summed E-state index contributed by atoms with van der Waals surface area (Å²) in [6, 6.07) is 0. The summed E-state index contributed by atoms with van der Waals surface area (Å²) in [5.74, 6) is 1.68. The second-order valence-corrected chi connectivity index (χ2v) is 4.37. The summed E-state index contributed by atoms with van der Waals surface area (Å²) < 4.78 is 0. The Balaban J connectivity index is -0.000000180. The molecular formula is C14H30Mg. The van der Waals surface area contributed by atoms with Crippen molar-refractivity contribution >= 4 is 23.1 Å². The Morgan fingerprint density at radius 2 is 1.07 bits per heavy atom. The fraction of sp³-hybridized carbons (Fsp3) is 0.857. The van der Waals surface area contributed by atoms with E-state index in [-0.39, 0.29) is 23.1 Å². The Morgan fingerprint density at radius 3 is 1.13 bits per heavy atom. The average Bonchev–Trinajstić information content (AvgIpc) is 2.19. The van der Waals surface area contributed by atoms with Gasteiger partial charge in [0.1, 0.15) is 0 Å². The van der Waals surface area contributed by atoms with Crippen molar-refractivity contribution in [1.82, 2.24) is 0 Å². The molecule has 0 spiro atoms. The van der Waals surface area contributed by atoms with E-state index in [2.05, 4.69) is 41.5 Å². The van der Waals surface area contributed by atoms with E-state index in [1.807, 2.05) is 0 Å². The molecule has 0 amide bonds. The first-order chi connectivity index (χ1) is 6.62. The monoisotopic (exact) mass is 222 g/mol. The van der Waals surface area contributed by atoms with Crippen LogP contribution < -0.4 is 0 Å². The van der Waals surface area contributed by atoms with Gasteiger partial charge in [0, 0.05) is 0 Å². The maximum absolute atomic E-state index is 3.80. The number of hydrogen-bond acceptors (Lipinski definition) is 0. The molecule has 0 nitrogen and oxygen atoms in total. The second kappa shape index (κ2) is 17.2. The summed E-state index contributed by atoms with van der Waals surface area (Å²) in [6.07, 6.45) is 7.46. The molecule has 0 saturated carbocycles. The molecule has 0 radical (unpaired) electrons. The van der Waals surface area contributed by atoms with E-state index in [0.29, 0.717) is 0 Å². The predicted octanol–water partition coefficient (Wildman–Crippen LogP) is 4.91. The van der Waals surface area contributed by atoms with Crippen molar-refractivity contribution in [2.75, 3.05) is 0 Å². The molecule has 0 aliphatic heterocycles. The topological polar surface area (TPSA) is 0 Å². The number of rotatable bonds is 6. The van der Waals surface area contributed by atoms with Crippen molar-refractivity contribution in [2.45, 2.75) is 66.2 Å². The largest absolute Gasteiger partial charge is 2.00 e. The third kappa shape index (κ3) is 20.8. The molecule has 2 unspecified atom stereocenters. The van der Waals surface area contributed by atoms with Crippen LogP contribution >= 0.6 is 0 Å². The van der Waals surface area contributed by atoms with Gasteiger partial charge in [-0.05, 0) is 0 Å². The smallest absolute Gasteiger partial charge is 0.343 e. The standard InChI is InChI=1S/2C7H15.Mg/c2*1-4-6-7(3)5-2;/h2*7H,2,4-6H2,1,3H3;/q2*-1;+2. The molecule has 0 aromatic carbocycles. The van der Waals surface area contributed by atoms with E-state index in [1.165, 1.54) is 25.7 Å². The third-order valence-electron chi connectivity index (χ3n) is 2.55. The molecule has 1 heteroatoms. The summed E-state index contributed by atoms with van der Waals surface area (Å²) in [5.41, 5.74) is 0. The zero-order valence-electron chi connectivity index (χ0n) is 11.5. The zero-order valence-corrected chi connectivity index (χ0v) is 12.9. The third-order valence-corrected chi connectivity index (χ3v) is 2.55. The minimum atomic E-state index is 0. The maximum atomic E-state index is 3.80. The first kappa shape index (κ1) is 21.1. The van der Waals surface area contributed by atoms with Crippen LogP contribution in [0.15, 0.2) is 0 Å². The quantitative estimate of drug-likeness (QED) is 0.442. The first-order valence-corrected chi connectivity index (χ1v) is 6.20. The fourth-order valence-corrected chi connectivity index (χ4v) is 1.27. The Bertz CT molecular complexity index is 79.3. The SMILES string of the molecule is [CH2-]CC(C)CCC.[CH2-]CC(C)CCC.[Mg+2]. The summed E-state index contributed by atoms with van der Waals surface area (Å²) in [4.78, 5) is 0. The van der Waals surface area contributed by atoms with Crippen molar-refractivity contribution in [3.8, 4) is 0 Å². The van der Waals surface area contributed by atoms with Crippen LogP contribution in [-0.4, -0.2) is 23.1 Å². The van der Waals surface area contributed by atoms with Crippen LogP contribution in [0.1, 0.15) is 66.2 Å². The molecule has 0 saturated heterocycles. The Kier molecular flexibility index (Phi) is 24.1. The normalized spacial score (nSPS) is 13.2. The molecule has 0 aliphatic carbocycles. The molecule has 0 fully saturated rings. The number of hydrogen-bond donors (Lipinski definition) is 0. The summed E-state index contributed by atoms with van der Waals surface area (Å²) in [5, 5.41) is 0. The van der Waals surface area contributed by atoms with E-state index < -0.39 is 0 Å². The molecule has 2 atom stereocenters. The minimum absolute atomic E-state index is 0. The van der Waals surface area contributed by atoms with Gasteiger partial charge < -0.3 is 13.8 Å². The molecule has 0 aromatic rings. The van der Waals surface area contributed by atoms with Gasteiger partial charge in [-0.25, -0.2) is 0 Å². The van der Waals surface area contributed by atoms with Crippen LogP contribution in [0.3, 0.4) is 0 Å². The molecular weight excluding hydrogens is 192 g/mol.